The number of aromatic nitrogens is 2. The molecule has 1 heterocycles. The molecule has 0 saturated carbocycles. The van der Waals surface area contributed by atoms with Gasteiger partial charge in [0.2, 0.25) is 0 Å². The molecule has 0 bridgehead atoms. The van der Waals surface area contributed by atoms with Crippen molar-refractivity contribution in [3.05, 3.63) is 46.0 Å². The van der Waals surface area contributed by atoms with Crippen LogP contribution in [-0.2, 0) is 20.3 Å². The highest BCUT2D eigenvalue weighted by molar-refractivity contribution is 6.30. The first-order valence-electron chi connectivity index (χ1n) is 5.30. The van der Waals surface area contributed by atoms with E-state index in [0.29, 0.717) is 27.3 Å². The molecule has 2 rings (SSSR count). The van der Waals surface area contributed by atoms with E-state index >= 15 is 0 Å². The Morgan fingerprint density at radius 3 is 2.78 bits per heavy atom. The zero-order valence-corrected chi connectivity index (χ0v) is 11.2. The van der Waals surface area contributed by atoms with Crippen LogP contribution in [0.3, 0.4) is 0 Å². The van der Waals surface area contributed by atoms with Crippen molar-refractivity contribution in [1.29, 1.82) is 0 Å². The highest BCUT2D eigenvalue weighted by atomic mass is 35.5. The molecule has 0 radical (unpaired) electrons. The van der Waals surface area contributed by atoms with Gasteiger partial charge >= 0.3 is 0 Å². The summed E-state index contributed by atoms with van der Waals surface area (Å²) in [6.45, 7) is 0.148. The Labute approximate surface area is 115 Å². The number of aliphatic hydroxyl groups excluding tert-OH is 1. The van der Waals surface area contributed by atoms with Gasteiger partial charge in [0.15, 0.2) is 0 Å². The number of benzene rings is 1. The smallest absolute Gasteiger partial charge is 0.147 e. The summed E-state index contributed by atoms with van der Waals surface area (Å²) in [6.07, 6.45) is 1.56. The van der Waals surface area contributed by atoms with Gasteiger partial charge in [0.1, 0.15) is 23.3 Å². The summed E-state index contributed by atoms with van der Waals surface area (Å²) in [5, 5.41) is 10.3. The molecule has 4 nitrogen and oxygen atoms in total. The van der Waals surface area contributed by atoms with Crippen molar-refractivity contribution in [3.63, 3.8) is 0 Å². The Hall–Kier alpha value is -1.23. The van der Waals surface area contributed by atoms with Gasteiger partial charge in [-0.3, -0.25) is 0 Å². The van der Waals surface area contributed by atoms with Crippen molar-refractivity contribution in [2.45, 2.75) is 13.2 Å². The Morgan fingerprint density at radius 1 is 1.39 bits per heavy atom. The quantitative estimate of drug-likeness (QED) is 0.940. The average molecular weight is 287 g/mol. The minimum absolute atomic E-state index is 0.128. The second-order valence-electron chi connectivity index (χ2n) is 3.76. The first-order chi connectivity index (χ1) is 8.61. The van der Waals surface area contributed by atoms with Crippen LogP contribution in [0.2, 0.25) is 10.2 Å². The lowest BCUT2D eigenvalue weighted by Crippen LogP contribution is -2.05. The second-order valence-corrected chi connectivity index (χ2v) is 4.58. The van der Waals surface area contributed by atoms with Crippen LogP contribution in [0.1, 0.15) is 11.4 Å². The van der Waals surface area contributed by atoms with Gasteiger partial charge in [-0.2, -0.15) is 0 Å². The highest BCUT2D eigenvalue weighted by Gasteiger charge is 2.08. The van der Waals surface area contributed by atoms with Gasteiger partial charge in [0.05, 0.1) is 12.8 Å². The Balaban J connectivity index is 2.13. The number of hydrogen-bond acceptors (Lipinski definition) is 3. The minimum Gasteiger partial charge on any atom is -0.485 e. The predicted octanol–water partition coefficient (Wildman–Crippen LogP) is 2.80. The summed E-state index contributed by atoms with van der Waals surface area (Å²) in [5.41, 5.74) is 0.641. The second kappa shape index (κ2) is 5.61. The predicted molar refractivity (Wildman–Crippen MR) is 69.9 cm³/mol. The maximum atomic E-state index is 9.22. The van der Waals surface area contributed by atoms with Crippen LogP contribution in [0.25, 0.3) is 0 Å². The van der Waals surface area contributed by atoms with E-state index in [0.717, 1.165) is 0 Å². The van der Waals surface area contributed by atoms with Gasteiger partial charge in [-0.1, -0.05) is 23.2 Å². The lowest BCUT2D eigenvalue weighted by Gasteiger charge is -2.10. The molecule has 1 aromatic heterocycles. The van der Waals surface area contributed by atoms with E-state index in [2.05, 4.69) is 4.98 Å². The molecule has 0 aliphatic rings. The molecular formula is C12H12Cl2N2O2. The van der Waals surface area contributed by atoms with Gasteiger partial charge in [-0.15, -0.1) is 0 Å². The molecule has 0 atom stereocenters. The number of hydrogen-bond donors (Lipinski definition) is 1. The van der Waals surface area contributed by atoms with E-state index in [-0.39, 0.29) is 13.2 Å². The SMILES string of the molecule is Cn1c(Cl)cnc1COc1ccc(Cl)cc1CO. The van der Waals surface area contributed by atoms with Crippen molar-refractivity contribution < 1.29 is 9.84 Å². The van der Waals surface area contributed by atoms with Crippen LogP contribution < -0.4 is 4.74 Å². The van der Waals surface area contributed by atoms with E-state index in [1.807, 2.05) is 7.05 Å². The van der Waals surface area contributed by atoms with E-state index in [9.17, 15) is 5.11 Å². The van der Waals surface area contributed by atoms with Crippen molar-refractivity contribution in [3.8, 4) is 5.75 Å². The highest BCUT2D eigenvalue weighted by Crippen LogP contribution is 2.23. The van der Waals surface area contributed by atoms with Crippen LogP contribution in [0.15, 0.2) is 24.4 Å². The molecule has 0 saturated heterocycles. The molecule has 1 N–H and O–H groups in total. The number of halogens is 2. The van der Waals surface area contributed by atoms with Crippen molar-refractivity contribution in [2.75, 3.05) is 0 Å². The molecule has 0 fully saturated rings. The van der Waals surface area contributed by atoms with E-state index in [1.54, 1.807) is 29.0 Å². The third kappa shape index (κ3) is 2.77. The largest absolute Gasteiger partial charge is 0.485 e. The minimum atomic E-state index is -0.128. The van der Waals surface area contributed by atoms with E-state index < -0.39 is 0 Å². The number of ether oxygens (including phenoxy) is 1. The van der Waals surface area contributed by atoms with Gasteiger partial charge in [-0.25, -0.2) is 4.98 Å². The van der Waals surface area contributed by atoms with Gasteiger partial charge < -0.3 is 14.4 Å². The lowest BCUT2D eigenvalue weighted by molar-refractivity contribution is 0.254. The molecule has 0 amide bonds. The molecule has 1 aromatic carbocycles. The zero-order chi connectivity index (χ0) is 13.1. The Kier molecular flexibility index (Phi) is 4.11. The third-order valence-electron chi connectivity index (χ3n) is 2.58. The number of rotatable bonds is 4. The fourth-order valence-electron chi connectivity index (χ4n) is 1.51. The van der Waals surface area contributed by atoms with Crippen LogP contribution in [0.4, 0.5) is 0 Å². The van der Waals surface area contributed by atoms with Crippen LogP contribution in [-0.4, -0.2) is 14.7 Å². The molecular weight excluding hydrogens is 275 g/mol. The normalized spacial score (nSPS) is 10.7. The molecule has 0 unspecified atom stereocenters. The van der Waals surface area contributed by atoms with E-state index in [1.165, 1.54) is 0 Å². The molecule has 96 valence electrons. The monoisotopic (exact) mass is 286 g/mol. The van der Waals surface area contributed by atoms with Gasteiger partial charge in [0.25, 0.3) is 0 Å². The molecule has 18 heavy (non-hydrogen) atoms. The van der Waals surface area contributed by atoms with Crippen LogP contribution in [0, 0.1) is 0 Å². The number of nitrogens with zero attached hydrogens (tertiary/aromatic N) is 2. The molecule has 2 aromatic rings. The summed E-state index contributed by atoms with van der Waals surface area (Å²) in [6, 6.07) is 5.10. The Bertz CT molecular complexity index is 555. The van der Waals surface area contributed by atoms with Crippen molar-refractivity contribution >= 4 is 23.2 Å². The van der Waals surface area contributed by atoms with Crippen LogP contribution >= 0.6 is 23.2 Å². The zero-order valence-electron chi connectivity index (χ0n) is 9.73. The summed E-state index contributed by atoms with van der Waals surface area (Å²) in [4.78, 5) is 4.12. The standard InChI is InChI=1S/C12H12Cl2N2O2/c1-16-11(14)5-15-12(16)7-18-10-3-2-9(13)4-8(10)6-17/h2-5,17H,6-7H2,1H3. The van der Waals surface area contributed by atoms with Gasteiger partial charge in [-0.05, 0) is 18.2 Å². The first-order valence-corrected chi connectivity index (χ1v) is 6.05. The average Bonchev–Trinajstić information content (AvgIpc) is 2.68. The fraction of sp³-hybridized carbons (Fsp3) is 0.250. The maximum absolute atomic E-state index is 9.22. The number of aliphatic hydroxyl groups is 1. The topological polar surface area (TPSA) is 47.3 Å². The molecule has 0 spiro atoms. The summed E-state index contributed by atoms with van der Waals surface area (Å²) < 4.78 is 7.33. The van der Waals surface area contributed by atoms with Gasteiger partial charge in [0, 0.05) is 17.6 Å². The summed E-state index contributed by atoms with van der Waals surface area (Å²) >= 11 is 11.7. The number of imidazole rings is 1. The lowest BCUT2D eigenvalue weighted by atomic mass is 10.2. The van der Waals surface area contributed by atoms with Crippen molar-refractivity contribution in [2.24, 2.45) is 7.05 Å². The first kappa shape index (κ1) is 13.2. The fourth-order valence-corrected chi connectivity index (χ4v) is 1.85. The Morgan fingerprint density at radius 2 is 2.17 bits per heavy atom. The van der Waals surface area contributed by atoms with Crippen molar-refractivity contribution in [1.82, 2.24) is 9.55 Å². The van der Waals surface area contributed by atoms with E-state index in [4.69, 9.17) is 27.9 Å². The summed E-state index contributed by atoms with van der Waals surface area (Å²) in [5.74, 6) is 1.29. The maximum Gasteiger partial charge on any atom is 0.147 e. The van der Waals surface area contributed by atoms with Crippen LogP contribution in [0.5, 0.6) is 5.75 Å². The molecule has 6 heteroatoms. The molecule has 0 aliphatic carbocycles. The third-order valence-corrected chi connectivity index (χ3v) is 3.16. The summed E-state index contributed by atoms with van der Waals surface area (Å²) in [7, 11) is 1.81. The molecule has 0 aliphatic heterocycles.